The molecule has 3 rings (SSSR count). The third-order valence-electron chi connectivity index (χ3n) is 4.00. The van der Waals surface area contributed by atoms with Crippen molar-refractivity contribution in [3.05, 3.63) is 100 Å². The molecule has 0 aliphatic heterocycles. The number of thiocarbonyl (C=S) groups is 1. The van der Waals surface area contributed by atoms with Gasteiger partial charge in [0, 0.05) is 5.69 Å². The Morgan fingerprint density at radius 2 is 1.62 bits per heavy atom. The van der Waals surface area contributed by atoms with Gasteiger partial charge in [0.2, 0.25) is 0 Å². The summed E-state index contributed by atoms with van der Waals surface area (Å²) in [7, 11) is 0. The largest absolute Gasteiger partial charge is 0.352 e. The Kier molecular flexibility index (Phi) is 5.86. The van der Waals surface area contributed by atoms with Crippen LogP contribution in [0.5, 0.6) is 0 Å². The second-order valence-corrected chi connectivity index (χ2v) is 6.80. The summed E-state index contributed by atoms with van der Waals surface area (Å²) < 4.78 is 13.3. The SMILES string of the molecule is Cc1ccc([C@@H](NC(=S)Nc2ccc(F)c(Cl)c2)c2ccccc2)cc1. The van der Waals surface area contributed by atoms with E-state index in [2.05, 4.69) is 54.0 Å². The molecule has 0 bridgehead atoms. The van der Waals surface area contributed by atoms with Gasteiger partial charge in [0.1, 0.15) is 5.82 Å². The summed E-state index contributed by atoms with van der Waals surface area (Å²) in [5.41, 5.74) is 4.02. The lowest BCUT2D eigenvalue weighted by Gasteiger charge is -2.22. The van der Waals surface area contributed by atoms with E-state index < -0.39 is 5.82 Å². The maximum atomic E-state index is 13.3. The lowest BCUT2D eigenvalue weighted by atomic mass is 9.98. The van der Waals surface area contributed by atoms with Crippen LogP contribution in [0.4, 0.5) is 10.1 Å². The minimum absolute atomic E-state index is 0.0518. The standard InChI is InChI=1S/C21H18ClFN2S/c1-14-7-9-16(10-8-14)20(15-5-3-2-4-6-15)25-21(26)24-17-11-12-19(23)18(22)13-17/h2-13,20H,1H3,(H2,24,25,26)/t20-/m0/s1. The monoisotopic (exact) mass is 384 g/mol. The van der Waals surface area contributed by atoms with E-state index in [0.717, 1.165) is 11.1 Å². The van der Waals surface area contributed by atoms with Crippen LogP contribution in [-0.2, 0) is 0 Å². The minimum atomic E-state index is -0.460. The molecule has 3 aromatic carbocycles. The van der Waals surface area contributed by atoms with Crippen LogP contribution >= 0.6 is 23.8 Å². The third-order valence-corrected chi connectivity index (χ3v) is 4.51. The van der Waals surface area contributed by atoms with Crippen LogP contribution in [0, 0.1) is 12.7 Å². The van der Waals surface area contributed by atoms with Gasteiger partial charge in [-0.3, -0.25) is 0 Å². The van der Waals surface area contributed by atoms with Gasteiger partial charge < -0.3 is 10.6 Å². The zero-order chi connectivity index (χ0) is 18.5. The molecule has 0 saturated heterocycles. The molecule has 2 nitrogen and oxygen atoms in total. The zero-order valence-electron chi connectivity index (χ0n) is 14.2. The van der Waals surface area contributed by atoms with Gasteiger partial charge in [-0.15, -0.1) is 0 Å². The van der Waals surface area contributed by atoms with E-state index in [4.69, 9.17) is 23.8 Å². The van der Waals surface area contributed by atoms with E-state index in [9.17, 15) is 4.39 Å². The maximum Gasteiger partial charge on any atom is 0.171 e. The van der Waals surface area contributed by atoms with Crippen LogP contribution in [0.15, 0.2) is 72.8 Å². The number of halogens is 2. The van der Waals surface area contributed by atoms with Crippen LogP contribution in [0.2, 0.25) is 5.02 Å². The topological polar surface area (TPSA) is 24.1 Å². The van der Waals surface area contributed by atoms with E-state index in [-0.39, 0.29) is 11.1 Å². The van der Waals surface area contributed by atoms with Gasteiger partial charge in [-0.1, -0.05) is 71.8 Å². The number of benzene rings is 3. The van der Waals surface area contributed by atoms with Gasteiger partial charge in [0.25, 0.3) is 0 Å². The van der Waals surface area contributed by atoms with Crippen molar-refractivity contribution in [3.8, 4) is 0 Å². The Bertz CT molecular complexity index is 898. The average molecular weight is 385 g/mol. The summed E-state index contributed by atoms with van der Waals surface area (Å²) in [6, 6.07) is 22.7. The van der Waals surface area contributed by atoms with Gasteiger partial charge in [0.15, 0.2) is 5.11 Å². The van der Waals surface area contributed by atoms with Crippen molar-refractivity contribution in [1.82, 2.24) is 5.32 Å². The summed E-state index contributed by atoms with van der Waals surface area (Å²) >= 11 is 11.3. The second kappa shape index (κ2) is 8.30. The highest BCUT2D eigenvalue weighted by molar-refractivity contribution is 7.80. The van der Waals surface area contributed by atoms with Crippen LogP contribution in [-0.4, -0.2) is 5.11 Å². The van der Waals surface area contributed by atoms with Crippen molar-refractivity contribution >= 4 is 34.6 Å². The lowest BCUT2D eigenvalue weighted by molar-refractivity contribution is 0.628. The fourth-order valence-corrected chi connectivity index (χ4v) is 3.05. The van der Waals surface area contributed by atoms with Crippen LogP contribution in [0.25, 0.3) is 0 Å². The van der Waals surface area contributed by atoms with Gasteiger partial charge in [0.05, 0.1) is 11.1 Å². The minimum Gasteiger partial charge on any atom is -0.352 e. The van der Waals surface area contributed by atoms with Crippen molar-refractivity contribution in [1.29, 1.82) is 0 Å². The number of nitrogens with one attached hydrogen (secondary N) is 2. The molecule has 0 fully saturated rings. The lowest BCUT2D eigenvalue weighted by Crippen LogP contribution is -2.33. The molecule has 3 aromatic rings. The molecular formula is C21H18ClFN2S. The van der Waals surface area contributed by atoms with Crippen molar-refractivity contribution in [3.63, 3.8) is 0 Å². The molecule has 0 unspecified atom stereocenters. The molecule has 5 heteroatoms. The molecule has 0 saturated carbocycles. The van der Waals surface area contributed by atoms with Gasteiger partial charge in [-0.2, -0.15) is 0 Å². The highest BCUT2D eigenvalue weighted by Crippen LogP contribution is 2.23. The van der Waals surface area contributed by atoms with Gasteiger partial charge >= 0.3 is 0 Å². The first-order valence-electron chi connectivity index (χ1n) is 8.17. The molecule has 132 valence electrons. The van der Waals surface area contributed by atoms with E-state index >= 15 is 0 Å². The van der Waals surface area contributed by atoms with Crippen molar-refractivity contribution in [2.24, 2.45) is 0 Å². The molecule has 2 N–H and O–H groups in total. The third kappa shape index (κ3) is 4.59. The summed E-state index contributed by atoms with van der Waals surface area (Å²) in [5, 5.41) is 6.88. The normalized spacial score (nSPS) is 11.7. The van der Waals surface area contributed by atoms with Crippen LogP contribution in [0.3, 0.4) is 0 Å². The molecule has 0 spiro atoms. The second-order valence-electron chi connectivity index (χ2n) is 5.98. The molecule has 0 aliphatic carbocycles. The molecule has 26 heavy (non-hydrogen) atoms. The molecule has 0 aromatic heterocycles. The number of hydrogen-bond acceptors (Lipinski definition) is 1. The maximum absolute atomic E-state index is 13.3. The Hall–Kier alpha value is -2.43. The summed E-state index contributed by atoms with van der Waals surface area (Å²) in [4.78, 5) is 0. The molecule has 0 aliphatic rings. The fourth-order valence-electron chi connectivity index (χ4n) is 2.64. The molecule has 0 radical (unpaired) electrons. The van der Waals surface area contributed by atoms with Gasteiger partial charge in [-0.25, -0.2) is 4.39 Å². The highest BCUT2D eigenvalue weighted by atomic mass is 35.5. The quantitative estimate of drug-likeness (QED) is 0.550. The Morgan fingerprint density at radius 1 is 0.962 bits per heavy atom. The zero-order valence-corrected chi connectivity index (χ0v) is 15.7. The summed E-state index contributed by atoms with van der Waals surface area (Å²) in [6.07, 6.45) is 0. The van der Waals surface area contributed by atoms with Gasteiger partial charge in [-0.05, 0) is 48.5 Å². The number of aryl methyl sites for hydroxylation is 1. The fraction of sp³-hybridized carbons (Fsp3) is 0.0952. The first-order valence-corrected chi connectivity index (χ1v) is 8.95. The van der Waals surface area contributed by atoms with Crippen LogP contribution < -0.4 is 10.6 Å². The number of anilines is 1. The predicted molar refractivity (Wildman–Crippen MR) is 110 cm³/mol. The average Bonchev–Trinajstić information content (AvgIpc) is 2.64. The van der Waals surface area contributed by atoms with Crippen LogP contribution in [0.1, 0.15) is 22.7 Å². The van der Waals surface area contributed by atoms with Crippen molar-refractivity contribution in [2.75, 3.05) is 5.32 Å². The number of hydrogen-bond donors (Lipinski definition) is 2. The molecule has 0 amide bonds. The number of rotatable bonds is 4. The Balaban J connectivity index is 1.82. The molecule has 1 atom stereocenters. The van der Waals surface area contributed by atoms with E-state index in [1.54, 1.807) is 6.07 Å². The Morgan fingerprint density at radius 3 is 2.27 bits per heavy atom. The van der Waals surface area contributed by atoms with E-state index in [0.29, 0.717) is 10.8 Å². The van der Waals surface area contributed by atoms with Crippen molar-refractivity contribution in [2.45, 2.75) is 13.0 Å². The Labute approximate surface area is 163 Å². The summed E-state index contributed by atoms with van der Waals surface area (Å²) in [6.45, 7) is 2.05. The smallest absolute Gasteiger partial charge is 0.171 e. The predicted octanol–water partition coefficient (Wildman–Crippen LogP) is 5.86. The van der Waals surface area contributed by atoms with E-state index in [1.807, 2.05) is 18.2 Å². The van der Waals surface area contributed by atoms with E-state index in [1.165, 1.54) is 17.7 Å². The summed E-state index contributed by atoms with van der Waals surface area (Å²) in [5.74, 6) is -0.460. The molecule has 0 heterocycles. The first-order chi connectivity index (χ1) is 12.5. The van der Waals surface area contributed by atoms with Crippen molar-refractivity contribution < 1.29 is 4.39 Å². The highest BCUT2D eigenvalue weighted by Gasteiger charge is 2.15. The first kappa shape index (κ1) is 18.4. The molecular weight excluding hydrogens is 367 g/mol.